The number of benzene rings is 1. The first-order chi connectivity index (χ1) is 18.2. The van der Waals surface area contributed by atoms with Crippen LogP contribution in [0.25, 0.3) is 0 Å². The molecule has 1 unspecified atom stereocenters. The highest BCUT2D eigenvalue weighted by molar-refractivity contribution is 7.08. The van der Waals surface area contributed by atoms with Gasteiger partial charge in [0.25, 0.3) is 11.8 Å². The molecule has 6 nitrogen and oxygen atoms in total. The molecule has 9 heteroatoms. The molecule has 1 N–H and O–H groups in total. The van der Waals surface area contributed by atoms with Crippen LogP contribution in [0.5, 0.6) is 0 Å². The first-order valence-corrected chi connectivity index (χ1v) is 15.4. The van der Waals surface area contributed by atoms with Gasteiger partial charge >= 0.3 is 0 Å². The third-order valence-corrected chi connectivity index (χ3v) is 10.2. The number of carbonyl (C=O) groups excluding carboxylic acids is 2. The third kappa shape index (κ3) is 6.07. The first kappa shape index (κ1) is 29.3. The maximum absolute atomic E-state index is 13.9. The number of halogens is 2. The molecule has 0 saturated carbocycles. The van der Waals surface area contributed by atoms with E-state index in [1.54, 1.807) is 0 Å². The van der Waals surface area contributed by atoms with E-state index in [4.69, 9.17) is 23.2 Å². The van der Waals surface area contributed by atoms with E-state index in [0.29, 0.717) is 16.6 Å². The van der Waals surface area contributed by atoms with Crippen molar-refractivity contribution in [1.82, 2.24) is 15.1 Å². The number of carbonyl (C=O) groups is 2. The minimum atomic E-state index is -0.407. The molecule has 1 aromatic heterocycles. The lowest BCUT2D eigenvalue weighted by atomic mass is 9.79. The zero-order valence-electron chi connectivity index (χ0n) is 22.8. The second kappa shape index (κ2) is 12.7. The zero-order chi connectivity index (χ0) is 27.3. The van der Waals surface area contributed by atoms with Crippen LogP contribution in [-0.2, 0) is 4.79 Å². The molecular weight excluding hydrogens is 539 g/mol. The van der Waals surface area contributed by atoms with Crippen LogP contribution in [0.15, 0.2) is 35.0 Å². The van der Waals surface area contributed by atoms with Crippen molar-refractivity contribution in [3.8, 4) is 0 Å². The lowest BCUT2D eigenvalue weighted by Crippen LogP contribution is -2.74. The van der Waals surface area contributed by atoms with E-state index in [9.17, 15) is 9.59 Å². The molecule has 2 aromatic rings. The Morgan fingerprint density at radius 1 is 1.05 bits per heavy atom. The number of hydrogen-bond acceptors (Lipinski definition) is 4. The van der Waals surface area contributed by atoms with Gasteiger partial charge in [0.1, 0.15) is 0 Å². The number of piperidine rings is 2. The van der Waals surface area contributed by atoms with E-state index in [2.05, 4.69) is 5.32 Å². The molecule has 208 valence electrons. The van der Waals surface area contributed by atoms with E-state index >= 15 is 0 Å². The minimum absolute atomic E-state index is 0.0239. The van der Waals surface area contributed by atoms with Gasteiger partial charge < -0.3 is 19.6 Å². The molecule has 2 saturated heterocycles. The van der Waals surface area contributed by atoms with E-state index in [1.807, 2.05) is 66.0 Å². The lowest BCUT2D eigenvalue weighted by molar-refractivity contribution is -0.972. The molecule has 0 radical (unpaired) electrons. The summed E-state index contributed by atoms with van der Waals surface area (Å²) in [5, 5.41) is 8.38. The topological polar surface area (TPSA) is 52.7 Å². The van der Waals surface area contributed by atoms with E-state index in [1.165, 1.54) is 17.8 Å². The summed E-state index contributed by atoms with van der Waals surface area (Å²) in [4.78, 5) is 30.7. The van der Waals surface area contributed by atoms with Crippen LogP contribution in [-0.4, -0.2) is 92.0 Å². The van der Waals surface area contributed by atoms with Gasteiger partial charge in [0.2, 0.25) is 0 Å². The van der Waals surface area contributed by atoms with Crippen molar-refractivity contribution >= 4 is 46.4 Å². The Labute approximate surface area is 241 Å². The number of rotatable bonds is 9. The lowest BCUT2D eigenvalue weighted by Gasteiger charge is -2.56. The average Bonchev–Trinajstić information content (AvgIpc) is 3.47. The van der Waals surface area contributed by atoms with Crippen LogP contribution in [0.2, 0.25) is 10.0 Å². The number of likely N-dealkylation sites (N-methyl/N-ethyl adjacent to an activating group) is 2. The number of amides is 2. The predicted molar refractivity (Wildman–Crippen MR) is 157 cm³/mol. The Hall–Kier alpha value is -1.64. The zero-order valence-corrected chi connectivity index (χ0v) is 25.2. The fourth-order valence-electron chi connectivity index (χ4n) is 6.68. The first-order valence-electron chi connectivity index (χ1n) is 13.7. The van der Waals surface area contributed by atoms with Crippen LogP contribution in [0.3, 0.4) is 0 Å². The summed E-state index contributed by atoms with van der Waals surface area (Å²) in [6, 6.07) is 7.71. The van der Waals surface area contributed by atoms with Crippen LogP contribution < -0.4 is 5.32 Å². The molecule has 2 amide bonds. The Bertz CT molecular complexity index is 1100. The molecular formula is C29H41Cl2N4O2S+. The van der Waals surface area contributed by atoms with Gasteiger partial charge in [-0.3, -0.25) is 9.59 Å². The van der Waals surface area contributed by atoms with Crippen molar-refractivity contribution in [2.45, 2.75) is 50.0 Å². The summed E-state index contributed by atoms with van der Waals surface area (Å²) in [6.07, 6.45) is 6.08. The van der Waals surface area contributed by atoms with Crippen LogP contribution in [0.4, 0.5) is 0 Å². The van der Waals surface area contributed by atoms with Crippen LogP contribution in [0, 0.1) is 0 Å². The highest BCUT2D eigenvalue weighted by Gasteiger charge is 2.57. The fourth-order valence-corrected chi connectivity index (χ4v) is 7.62. The number of quaternary nitrogens is 1. The summed E-state index contributed by atoms with van der Waals surface area (Å²) in [6.45, 7) is 5.25. The summed E-state index contributed by atoms with van der Waals surface area (Å²) in [7, 11) is 5.67. The van der Waals surface area contributed by atoms with Crippen molar-refractivity contribution in [3.63, 3.8) is 0 Å². The molecule has 1 atom stereocenters. The summed E-state index contributed by atoms with van der Waals surface area (Å²) < 4.78 is 0.839. The van der Waals surface area contributed by atoms with Gasteiger partial charge in [-0.05, 0) is 48.4 Å². The van der Waals surface area contributed by atoms with Gasteiger partial charge in [-0.1, -0.05) is 29.3 Å². The van der Waals surface area contributed by atoms with Crippen molar-refractivity contribution in [2.75, 3.05) is 60.4 Å². The van der Waals surface area contributed by atoms with Crippen molar-refractivity contribution in [3.05, 3.63) is 56.2 Å². The molecule has 0 spiro atoms. The highest BCUT2D eigenvalue weighted by Crippen LogP contribution is 2.40. The summed E-state index contributed by atoms with van der Waals surface area (Å²) in [5.41, 5.74) is 1.39. The third-order valence-electron chi connectivity index (χ3n) is 8.74. The quantitative estimate of drug-likeness (QED) is 0.398. The fraction of sp³-hybridized carbons (Fsp3) is 0.586. The van der Waals surface area contributed by atoms with Gasteiger partial charge in [-0.2, -0.15) is 11.3 Å². The normalized spacial score (nSPS) is 19.5. The predicted octanol–water partition coefficient (Wildman–Crippen LogP) is 5.51. The molecule has 38 heavy (non-hydrogen) atoms. The Kier molecular flexibility index (Phi) is 9.80. The molecule has 0 bridgehead atoms. The number of likely N-dealkylation sites (tertiary alicyclic amines) is 1. The van der Waals surface area contributed by atoms with E-state index in [-0.39, 0.29) is 17.7 Å². The Morgan fingerprint density at radius 2 is 1.76 bits per heavy atom. The van der Waals surface area contributed by atoms with E-state index in [0.717, 1.165) is 80.4 Å². The standard InChI is InChI=1S/C29H41Cl2N4O2S/c1-33(2)28(37)29(11-13-32-14-12-29)35(15-5-4-6-16-35)17-9-23(22-7-8-25(30)26(31)19-22)20-34(3)27(36)24-10-18-38-21-24/h7-8,10,18-19,21,23,32H,4-6,9,11-17,20H2,1-3H3/q+1. The molecule has 4 rings (SSSR count). The molecule has 3 heterocycles. The van der Waals surface area contributed by atoms with Crippen LogP contribution >= 0.6 is 34.5 Å². The Balaban J connectivity index is 1.65. The second-order valence-electron chi connectivity index (χ2n) is 11.2. The second-order valence-corrected chi connectivity index (χ2v) is 12.8. The summed E-state index contributed by atoms with van der Waals surface area (Å²) in [5.74, 6) is 0.357. The number of nitrogens with zero attached hydrogens (tertiary/aromatic N) is 3. The van der Waals surface area contributed by atoms with Gasteiger partial charge in [0.15, 0.2) is 5.54 Å². The minimum Gasteiger partial charge on any atom is -0.343 e. The van der Waals surface area contributed by atoms with Gasteiger partial charge in [-0.15, -0.1) is 0 Å². The molecule has 1 aromatic carbocycles. The maximum Gasteiger partial charge on any atom is 0.283 e. The maximum atomic E-state index is 13.9. The largest absolute Gasteiger partial charge is 0.343 e. The van der Waals surface area contributed by atoms with E-state index < -0.39 is 5.54 Å². The number of thiophene rings is 1. The SMILES string of the molecule is CN(C)C(=O)C1([N+]2(CCC(CN(C)C(=O)c3ccsc3)c3ccc(Cl)c(Cl)c3)CCCCC2)CCNCC1. The van der Waals surface area contributed by atoms with Gasteiger partial charge in [0, 0.05) is 71.3 Å². The molecule has 2 fully saturated rings. The highest BCUT2D eigenvalue weighted by atomic mass is 35.5. The molecule has 0 aliphatic carbocycles. The molecule has 2 aliphatic rings. The monoisotopic (exact) mass is 579 g/mol. The summed E-state index contributed by atoms with van der Waals surface area (Å²) >= 11 is 14.3. The average molecular weight is 581 g/mol. The van der Waals surface area contributed by atoms with Gasteiger partial charge in [-0.25, -0.2) is 0 Å². The van der Waals surface area contributed by atoms with Crippen LogP contribution in [0.1, 0.15) is 60.4 Å². The van der Waals surface area contributed by atoms with Crippen molar-refractivity contribution < 1.29 is 14.1 Å². The Morgan fingerprint density at radius 3 is 2.37 bits per heavy atom. The molecule has 2 aliphatic heterocycles. The number of nitrogens with one attached hydrogen (secondary N) is 1. The smallest absolute Gasteiger partial charge is 0.283 e. The number of hydrogen-bond donors (Lipinski definition) is 1. The van der Waals surface area contributed by atoms with Crippen molar-refractivity contribution in [1.29, 1.82) is 0 Å². The van der Waals surface area contributed by atoms with Crippen molar-refractivity contribution in [2.24, 2.45) is 0 Å². The van der Waals surface area contributed by atoms with Gasteiger partial charge in [0.05, 0.1) is 35.2 Å².